The standard InChI is InChI=1S/C13H18BrNO2/c1-9(14)5-4-8-15-13(17)11-6-3-7-12(16)10(11)2/h3,6-7,9,16H,4-5,8H2,1-2H3,(H,15,17). The lowest BCUT2D eigenvalue weighted by Gasteiger charge is -2.09. The third-order valence-electron chi connectivity index (χ3n) is 2.61. The SMILES string of the molecule is Cc1c(O)cccc1C(=O)NCCCC(C)Br. The van der Waals surface area contributed by atoms with Gasteiger partial charge in [-0.05, 0) is 31.9 Å². The molecule has 4 heteroatoms. The smallest absolute Gasteiger partial charge is 0.251 e. The quantitative estimate of drug-likeness (QED) is 0.649. The van der Waals surface area contributed by atoms with Crippen molar-refractivity contribution in [3.63, 3.8) is 0 Å². The number of aromatic hydroxyl groups is 1. The van der Waals surface area contributed by atoms with E-state index in [4.69, 9.17) is 0 Å². The number of benzene rings is 1. The van der Waals surface area contributed by atoms with Crippen LogP contribution in [0.2, 0.25) is 0 Å². The van der Waals surface area contributed by atoms with Crippen LogP contribution in [0, 0.1) is 6.92 Å². The molecule has 0 aliphatic rings. The average Bonchev–Trinajstić information content (AvgIpc) is 2.27. The van der Waals surface area contributed by atoms with E-state index < -0.39 is 0 Å². The first-order valence-electron chi connectivity index (χ1n) is 5.73. The van der Waals surface area contributed by atoms with Crippen molar-refractivity contribution in [1.29, 1.82) is 0 Å². The van der Waals surface area contributed by atoms with Crippen LogP contribution in [0.4, 0.5) is 0 Å². The molecule has 0 aliphatic carbocycles. The number of nitrogens with one attached hydrogen (secondary N) is 1. The van der Waals surface area contributed by atoms with Gasteiger partial charge in [-0.15, -0.1) is 0 Å². The number of hydrogen-bond acceptors (Lipinski definition) is 2. The van der Waals surface area contributed by atoms with Crippen molar-refractivity contribution < 1.29 is 9.90 Å². The molecule has 1 rings (SSSR count). The van der Waals surface area contributed by atoms with Crippen LogP contribution >= 0.6 is 15.9 Å². The van der Waals surface area contributed by atoms with Gasteiger partial charge in [-0.2, -0.15) is 0 Å². The highest BCUT2D eigenvalue weighted by atomic mass is 79.9. The van der Waals surface area contributed by atoms with Gasteiger partial charge in [0.05, 0.1) is 0 Å². The molecule has 1 atom stereocenters. The summed E-state index contributed by atoms with van der Waals surface area (Å²) in [5, 5.41) is 12.4. The number of halogens is 1. The zero-order valence-corrected chi connectivity index (χ0v) is 11.8. The Labute approximate surface area is 110 Å². The van der Waals surface area contributed by atoms with Crippen molar-refractivity contribution in [1.82, 2.24) is 5.32 Å². The number of hydrogen-bond donors (Lipinski definition) is 2. The minimum absolute atomic E-state index is 0.124. The molecule has 0 bridgehead atoms. The highest BCUT2D eigenvalue weighted by molar-refractivity contribution is 9.09. The fraction of sp³-hybridized carbons (Fsp3) is 0.462. The number of carbonyl (C=O) groups excluding carboxylic acids is 1. The van der Waals surface area contributed by atoms with Crippen LogP contribution in [-0.2, 0) is 0 Å². The third-order valence-corrected chi connectivity index (χ3v) is 3.07. The largest absolute Gasteiger partial charge is 0.508 e. The predicted octanol–water partition coefficient (Wildman–Crippen LogP) is 2.99. The second-order valence-corrected chi connectivity index (χ2v) is 5.69. The summed E-state index contributed by atoms with van der Waals surface area (Å²) in [6, 6.07) is 4.98. The van der Waals surface area contributed by atoms with E-state index in [1.807, 2.05) is 0 Å². The van der Waals surface area contributed by atoms with Crippen LogP contribution in [-0.4, -0.2) is 22.4 Å². The zero-order valence-electron chi connectivity index (χ0n) is 10.2. The van der Waals surface area contributed by atoms with Gasteiger partial charge in [0.15, 0.2) is 0 Å². The number of carbonyl (C=O) groups is 1. The van der Waals surface area contributed by atoms with E-state index in [0.29, 0.717) is 22.5 Å². The summed E-state index contributed by atoms with van der Waals surface area (Å²) in [5.41, 5.74) is 1.16. The molecule has 0 saturated carbocycles. The van der Waals surface area contributed by atoms with Crippen molar-refractivity contribution in [2.24, 2.45) is 0 Å². The van der Waals surface area contributed by atoms with Crippen LogP contribution in [0.3, 0.4) is 0 Å². The molecule has 1 aromatic rings. The number of amides is 1. The van der Waals surface area contributed by atoms with Crippen LogP contribution in [0.5, 0.6) is 5.75 Å². The molecular formula is C13H18BrNO2. The highest BCUT2D eigenvalue weighted by Gasteiger charge is 2.10. The van der Waals surface area contributed by atoms with Gasteiger partial charge >= 0.3 is 0 Å². The minimum atomic E-state index is -0.124. The molecule has 0 aromatic heterocycles. The summed E-state index contributed by atoms with van der Waals surface area (Å²) >= 11 is 3.46. The molecule has 0 saturated heterocycles. The number of phenolic OH excluding ortho intramolecular Hbond substituents is 1. The van der Waals surface area contributed by atoms with Crippen LogP contribution in [0.1, 0.15) is 35.7 Å². The van der Waals surface area contributed by atoms with Crippen LogP contribution < -0.4 is 5.32 Å². The Morgan fingerprint density at radius 2 is 2.24 bits per heavy atom. The Morgan fingerprint density at radius 3 is 2.88 bits per heavy atom. The molecule has 1 aromatic carbocycles. The first kappa shape index (κ1) is 14.0. The van der Waals surface area contributed by atoms with E-state index in [1.165, 1.54) is 0 Å². The lowest BCUT2D eigenvalue weighted by molar-refractivity contribution is 0.0952. The van der Waals surface area contributed by atoms with Crippen molar-refractivity contribution in [3.05, 3.63) is 29.3 Å². The van der Waals surface area contributed by atoms with Gasteiger partial charge in [0, 0.05) is 22.5 Å². The summed E-state index contributed by atoms with van der Waals surface area (Å²) < 4.78 is 0. The number of phenols is 1. The summed E-state index contributed by atoms with van der Waals surface area (Å²) in [6.45, 7) is 4.48. The third kappa shape index (κ3) is 4.38. The number of rotatable bonds is 5. The summed E-state index contributed by atoms with van der Waals surface area (Å²) in [4.78, 5) is 12.3. The van der Waals surface area contributed by atoms with Gasteiger partial charge in [-0.1, -0.05) is 28.9 Å². The average molecular weight is 300 g/mol. The fourth-order valence-electron chi connectivity index (χ4n) is 1.55. The molecule has 0 aliphatic heterocycles. The van der Waals surface area contributed by atoms with Crippen LogP contribution in [0.15, 0.2) is 18.2 Å². The molecule has 94 valence electrons. The van der Waals surface area contributed by atoms with Crippen molar-refractivity contribution in [2.75, 3.05) is 6.54 Å². The molecule has 0 spiro atoms. The molecular weight excluding hydrogens is 282 g/mol. The van der Waals surface area contributed by atoms with Gasteiger partial charge in [0.25, 0.3) is 5.91 Å². The molecule has 0 fully saturated rings. The molecule has 0 radical (unpaired) electrons. The van der Waals surface area contributed by atoms with Crippen molar-refractivity contribution in [2.45, 2.75) is 31.5 Å². The first-order chi connectivity index (χ1) is 8.02. The molecule has 0 heterocycles. The maximum atomic E-state index is 11.8. The van der Waals surface area contributed by atoms with Gasteiger partial charge in [0.2, 0.25) is 0 Å². The van der Waals surface area contributed by atoms with E-state index in [2.05, 4.69) is 28.2 Å². The predicted molar refractivity (Wildman–Crippen MR) is 72.8 cm³/mol. The molecule has 2 N–H and O–H groups in total. The summed E-state index contributed by atoms with van der Waals surface area (Å²) in [6.07, 6.45) is 1.97. The molecule has 17 heavy (non-hydrogen) atoms. The minimum Gasteiger partial charge on any atom is -0.508 e. The van der Waals surface area contributed by atoms with Gasteiger partial charge in [0.1, 0.15) is 5.75 Å². The normalized spacial score (nSPS) is 12.2. The van der Waals surface area contributed by atoms with Crippen molar-refractivity contribution in [3.8, 4) is 5.75 Å². The lowest BCUT2D eigenvalue weighted by atomic mass is 10.1. The van der Waals surface area contributed by atoms with Gasteiger partial charge in [-0.25, -0.2) is 0 Å². The van der Waals surface area contributed by atoms with E-state index >= 15 is 0 Å². The summed E-state index contributed by atoms with van der Waals surface area (Å²) in [5.74, 6) is 0.0346. The Kier molecular flexibility index (Phi) is 5.48. The zero-order chi connectivity index (χ0) is 12.8. The second kappa shape index (κ2) is 6.64. The number of alkyl halides is 1. The van der Waals surface area contributed by atoms with E-state index in [-0.39, 0.29) is 11.7 Å². The lowest BCUT2D eigenvalue weighted by Crippen LogP contribution is -2.25. The maximum absolute atomic E-state index is 11.8. The first-order valence-corrected chi connectivity index (χ1v) is 6.64. The topological polar surface area (TPSA) is 49.3 Å². The Morgan fingerprint density at radius 1 is 1.53 bits per heavy atom. The van der Waals surface area contributed by atoms with Gasteiger partial charge < -0.3 is 10.4 Å². The van der Waals surface area contributed by atoms with E-state index in [1.54, 1.807) is 25.1 Å². The van der Waals surface area contributed by atoms with Crippen molar-refractivity contribution >= 4 is 21.8 Å². The monoisotopic (exact) mass is 299 g/mol. The Balaban J connectivity index is 2.50. The highest BCUT2D eigenvalue weighted by Crippen LogP contribution is 2.19. The molecule has 3 nitrogen and oxygen atoms in total. The molecule has 1 amide bonds. The maximum Gasteiger partial charge on any atom is 0.251 e. The summed E-state index contributed by atoms with van der Waals surface area (Å²) in [7, 11) is 0. The Hall–Kier alpha value is -1.03. The second-order valence-electron chi connectivity index (χ2n) is 4.13. The molecule has 1 unspecified atom stereocenters. The van der Waals surface area contributed by atoms with Crippen LogP contribution in [0.25, 0.3) is 0 Å². The Bertz CT molecular complexity index is 391. The van der Waals surface area contributed by atoms with E-state index in [9.17, 15) is 9.90 Å². The van der Waals surface area contributed by atoms with Gasteiger partial charge in [-0.3, -0.25) is 4.79 Å². The fourth-order valence-corrected chi connectivity index (χ4v) is 1.87. The van der Waals surface area contributed by atoms with E-state index in [0.717, 1.165) is 12.8 Å².